The smallest absolute Gasteiger partial charge is 0.128 e. The Morgan fingerprint density at radius 2 is 2.05 bits per heavy atom. The summed E-state index contributed by atoms with van der Waals surface area (Å²) >= 11 is 1.83. The van der Waals surface area contributed by atoms with Crippen LogP contribution in [0.3, 0.4) is 0 Å². The van der Waals surface area contributed by atoms with Gasteiger partial charge in [-0.25, -0.2) is 0 Å². The van der Waals surface area contributed by atoms with Gasteiger partial charge in [-0.1, -0.05) is 36.4 Å². The predicted octanol–water partition coefficient (Wildman–Crippen LogP) is 3.54. The molecule has 2 atom stereocenters. The largest absolute Gasteiger partial charge is 0.493 e. The first-order valence-corrected chi connectivity index (χ1v) is 7.97. The average Bonchev–Trinajstić information content (AvgIpc) is 3.12. The number of aliphatic hydroxyl groups excluding tert-OH is 1. The molecule has 0 spiro atoms. The second kappa shape index (κ2) is 4.83. The van der Waals surface area contributed by atoms with E-state index in [0.717, 1.165) is 30.1 Å². The van der Waals surface area contributed by atoms with Crippen molar-refractivity contribution in [2.75, 3.05) is 12.4 Å². The highest BCUT2D eigenvalue weighted by Crippen LogP contribution is 2.47. The second-order valence-corrected chi connectivity index (χ2v) is 6.40. The van der Waals surface area contributed by atoms with E-state index in [1.807, 2.05) is 23.9 Å². The Bertz CT molecular complexity index is 653. The maximum atomic E-state index is 10.8. The molecule has 0 amide bonds. The molecule has 4 rings (SSSR count). The highest BCUT2D eigenvalue weighted by molar-refractivity contribution is 7.99. The number of aliphatic hydroxyl groups is 1. The van der Waals surface area contributed by atoms with Gasteiger partial charge in [0.05, 0.1) is 12.7 Å². The fourth-order valence-electron chi connectivity index (χ4n) is 3.14. The van der Waals surface area contributed by atoms with E-state index < -0.39 is 6.10 Å². The van der Waals surface area contributed by atoms with E-state index in [1.165, 1.54) is 16.0 Å². The minimum atomic E-state index is -0.487. The van der Waals surface area contributed by atoms with Crippen molar-refractivity contribution in [3.8, 4) is 5.75 Å². The molecule has 2 aromatic carbocycles. The molecule has 0 radical (unpaired) electrons. The molecule has 2 unspecified atom stereocenters. The summed E-state index contributed by atoms with van der Waals surface area (Å²) in [5, 5.41) is 10.8. The van der Waals surface area contributed by atoms with Gasteiger partial charge in [0.2, 0.25) is 0 Å². The minimum absolute atomic E-state index is 0.159. The molecule has 20 heavy (non-hydrogen) atoms. The van der Waals surface area contributed by atoms with Crippen molar-refractivity contribution in [3.63, 3.8) is 0 Å². The molecule has 0 saturated carbocycles. The lowest BCUT2D eigenvalue weighted by molar-refractivity contribution is 0.149. The van der Waals surface area contributed by atoms with Crippen molar-refractivity contribution in [1.82, 2.24) is 0 Å². The number of hydrogen-bond donors (Lipinski definition) is 1. The van der Waals surface area contributed by atoms with Gasteiger partial charge in [-0.15, -0.1) is 11.8 Å². The molecule has 2 aliphatic heterocycles. The minimum Gasteiger partial charge on any atom is -0.493 e. The Morgan fingerprint density at radius 3 is 3.00 bits per heavy atom. The van der Waals surface area contributed by atoms with Gasteiger partial charge in [-0.2, -0.15) is 0 Å². The molecule has 2 aromatic rings. The zero-order valence-electron chi connectivity index (χ0n) is 11.1. The number of fused-ring (bicyclic) bond motifs is 2. The lowest BCUT2D eigenvalue weighted by atomic mass is 9.89. The van der Waals surface area contributed by atoms with Crippen molar-refractivity contribution in [1.29, 1.82) is 0 Å². The molecule has 0 fully saturated rings. The molecule has 2 heterocycles. The summed E-state index contributed by atoms with van der Waals surface area (Å²) in [4.78, 5) is 1.30. The molecule has 1 N–H and O–H groups in total. The van der Waals surface area contributed by atoms with Crippen molar-refractivity contribution in [2.45, 2.75) is 23.3 Å². The summed E-state index contributed by atoms with van der Waals surface area (Å²) in [6.07, 6.45) is 0.463. The van der Waals surface area contributed by atoms with Crippen LogP contribution in [0.4, 0.5) is 0 Å². The molecule has 0 aromatic heterocycles. The zero-order chi connectivity index (χ0) is 13.5. The van der Waals surface area contributed by atoms with Crippen LogP contribution in [0.25, 0.3) is 0 Å². The SMILES string of the molecule is OC(c1cccc2c1OCC2)C1CSc2ccccc21. The first-order valence-electron chi connectivity index (χ1n) is 6.99. The highest BCUT2D eigenvalue weighted by Gasteiger charge is 2.32. The second-order valence-electron chi connectivity index (χ2n) is 5.33. The molecule has 2 aliphatic rings. The Labute approximate surface area is 122 Å². The number of ether oxygens (including phenoxy) is 1. The number of hydrogen-bond acceptors (Lipinski definition) is 3. The Kier molecular flexibility index (Phi) is 2.97. The third kappa shape index (κ3) is 1.85. The van der Waals surface area contributed by atoms with E-state index >= 15 is 0 Å². The van der Waals surface area contributed by atoms with Crippen LogP contribution in [0.15, 0.2) is 47.4 Å². The number of benzene rings is 2. The van der Waals surface area contributed by atoms with Gasteiger partial charge in [-0.05, 0) is 17.2 Å². The first kappa shape index (κ1) is 12.3. The van der Waals surface area contributed by atoms with Crippen LogP contribution in [-0.4, -0.2) is 17.5 Å². The van der Waals surface area contributed by atoms with E-state index in [9.17, 15) is 5.11 Å². The predicted molar refractivity (Wildman–Crippen MR) is 80.5 cm³/mol. The summed E-state index contributed by atoms with van der Waals surface area (Å²) in [5.74, 6) is 2.01. The summed E-state index contributed by atoms with van der Waals surface area (Å²) in [7, 11) is 0. The van der Waals surface area contributed by atoms with Gasteiger partial charge in [0.15, 0.2) is 0 Å². The number of thioether (sulfide) groups is 1. The molecule has 0 aliphatic carbocycles. The van der Waals surface area contributed by atoms with E-state index in [4.69, 9.17) is 4.74 Å². The maximum absolute atomic E-state index is 10.8. The first-order chi connectivity index (χ1) is 9.84. The maximum Gasteiger partial charge on any atom is 0.128 e. The summed E-state index contributed by atoms with van der Waals surface area (Å²) < 4.78 is 5.73. The fraction of sp³-hybridized carbons (Fsp3) is 0.294. The summed E-state index contributed by atoms with van der Waals surface area (Å²) in [5.41, 5.74) is 3.43. The van der Waals surface area contributed by atoms with Gasteiger partial charge in [-0.3, -0.25) is 0 Å². The van der Waals surface area contributed by atoms with Gasteiger partial charge < -0.3 is 9.84 Å². The topological polar surface area (TPSA) is 29.5 Å². The Morgan fingerprint density at radius 1 is 1.15 bits per heavy atom. The molecule has 0 saturated heterocycles. The lowest BCUT2D eigenvalue weighted by Gasteiger charge is -2.21. The van der Waals surface area contributed by atoms with Gasteiger partial charge >= 0.3 is 0 Å². The van der Waals surface area contributed by atoms with Crippen LogP contribution in [0.1, 0.15) is 28.7 Å². The lowest BCUT2D eigenvalue weighted by Crippen LogP contribution is -2.11. The van der Waals surface area contributed by atoms with Crippen LogP contribution in [-0.2, 0) is 6.42 Å². The zero-order valence-corrected chi connectivity index (χ0v) is 11.9. The molecule has 2 nitrogen and oxygen atoms in total. The fourth-order valence-corrected chi connectivity index (χ4v) is 4.42. The third-order valence-electron chi connectivity index (χ3n) is 4.18. The molecule has 0 bridgehead atoms. The molecular formula is C17H16O2S. The standard InChI is InChI=1S/C17H16O2S/c18-16(13-6-3-4-11-8-9-19-17(11)13)14-10-20-15-7-2-1-5-12(14)15/h1-7,14,16,18H,8-10H2. The van der Waals surface area contributed by atoms with Crippen molar-refractivity contribution >= 4 is 11.8 Å². The Balaban J connectivity index is 1.73. The van der Waals surface area contributed by atoms with Gasteiger partial charge in [0.25, 0.3) is 0 Å². The quantitative estimate of drug-likeness (QED) is 0.914. The van der Waals surface area contributed by atoms with E-state index in [2.05, 4.69) is 30.3 Å². The van der Waals surface area contributed by atoms with Gasteiger partial charge in [0.1, 0.15) is 5.75 Å². The van der Waals surface area contributed by atoms with Crippen LogP contribution < -0.4 is 4.74 Å². The number of para-hydroxylation sites is 1. The van der Waals surface area contributed by atoms with Crippen LogP contribution in [0.5, 0.6) is 5.75 Å². The van der Waals surface area contributed by atoms with E-state index in [1.54, 1.807) is 0 Å². The van der Waals surface area contributed by atoms with E-state index in [0.29, 0.717) is 0 Å². The third-order valence-corrected chi connectivity index (χ3v) is 5.39. The Hall–Kier alpha value is -1.45. The van der Waals surface area contributed by atoms with E-state index in [-0.39, 0.29) is 5.92 Å². The van der Waals surface area contributed by atoms with Gasteiger partial charge in [0, 0.05) is 28.6 Å². The molecule has 102 valence electrons. The van der Waals surface area contributed by atoms with Crippen molar-refractivity contribution in [3.05, 3.63) is 59.2 Å². The molecular weight excluding hydrogens is 268 g/mol. The summed E-state index contributed by atoms with van der Waals surface area (Å²) in [6, 6.07) is 14.5. The van der Waals surface area contributed by atoms with Crippen molar-refractivity contribution in [2.24, 2.45) is 0 Å². The average molecular weight is 284 g/mol. The number of rotatable bonds is 2. The normalized spacial score (nSPS) is 21.1. The van der Waals surface area contributed by atoms with Crippen LogP contribution in [0.2, 0.25) is 0 Å². The highest BCUT2D eigenvalue weighted by atomic mass is 32.2. The van der Waals surface area contributed by atoms with Crippen LogP contribution in [0, 0.1) is 0 Å². The van der Waals surface area contributed by atoms with Crippen LogP contribution >= 0.6 is 11.8 Å². The monoisotopic (exact) mass is 284 g/mol. The molecule has 3 heteroatoms. The summed E-state index contributed by atoms with van der Waals surface area (Å²) in [6.45, 7) is 0.731. The van der Waals surface area contributed by atoms with Crippen molar-refractivity contribution < 1.29 is 9.84 Å².